The van der Waals surface area contributed by atoms with Gasteiger partial charge in [-0.1, -0.05) is 13.0 Å². The van der Waals surface area contributed by atoms with E-state index in [4.69, 9.17) is 4.42 Å². The Bertz CT molecular complexity index is 594. The molecule has 1 aliphatic rings. The lowest BCUT2D eigenvalue weighted by molar-refractivity contribution is 0.482. The molecule has 1 aromatic heterocycles. The third-order valence-electron chi connectivity index (χ3n) is 3.77. The second kappa shape index (κ2) is 5.67. The van der Waals surface area contributed by atoms with Crippen molar-refractivity contribution >= 4 is 5.69 Å². The first-order valence-electron chi connectivity index (χ1n) is 7.07. The molecule has 2 heterocycles. The van der Waals surface area contributed by atoms with Crippen molar-refractivity contribution in [2.24, 2.45) is 0 Å². The van der Waals surface area contributed by atoms with Gasteiger partial charge in [0.25, 0.3) is 0 Å². The van der Waals surface area contributed by atoms with Crippen molar-refractivity contribution in [3.8, 4) is 0 Å². The smallest absolute Gasteiger partial charge is 0.125 e. The second-order valence-electron chi connectivity index (χ2n) is 5.09. The van der Waals surface area contributed by atoms with Crippen molar-refractivity contribution in [2.75, 3.05) is 18.0 Å². The van der Waals surface area contributed by atoms with Gasteiger partial charge in [-0.05, 0) is 36.7 Å². The number of fused-ring (bicyclic) bond motifs is 1. The molecule has 0 saturated carbocycles. The van der Waals surface area contributed by atoms with Crippen LogP contribution in [0.5, 0.6) is 0 Å². The molecule has 0 atom stereocenters. The summed E-state index contributed by atoms with van der Waals surface area (Å²) < 4.78 is 18.9. The monoisotopic (exact) mass is 274 g/mol. The Hall–Kier alpha value is -1.81. The van der Waals surface area contributed by atoms with E-state index in [1.165, 1.54) is 17.2 Å². The van der Waals surface area contributed by atoms with Gasteiger partial charge in [0.05, 0.1) is 12.8 Å². The van der Waals surface area contributed by atoms with Gasteiger partial charge in [-0.3, -0.25) is 0 Å². The van der Waals surface area contributed by atoms with Gasteiger partial charge in [0.1, 0.15) is 11.6 Å². The number of nitrogens with one attached hydrogen (secondary N) is 1. The van der Waals surface area contributed by atoms with Crippen LogP contribution in [-0.2, 0) is 19.5 Å². The fraction of sp³-hybridized carbons (Fsp3) is 0.375. The molecule has 20 heavy (non-hydrogen) atoms. The van der Waals surface area contributed by atoms with Crippen LogP contribution in [0.15, 0.2) is 34.9 Å². The van der Waals surface area contributed by atoms with Crippen LogP contribution in [0.1, 0.15) is 23.8 Å². The summed E-state index contributed by atoms with van der Waals surface area (Å²) in [5, 5.41) is 3.27. The normalized spacial score (nSPS) is 13.8. The number of furan rings is 1. The summed E-state index contributed by atoms with van der Waals surface area (Å²) in [7, 11) is 0. The Kier molecular flexibility index (Phi) is 3.74. The number of hydrogen-bond donors (Lipinski definition) is 1. The Balaban J connectivity index is 1.77. The highest BCUT2D eigenvalue weighted by atomic mass is 19.1. The molecule has 0 amide bonds. The average molecular weight is 274 g/mol. The first-order valence-corrected chi connectivity index (χ1v) is 7.07. The number of halogens is 1. The van der Waals surface area contributed by atoms with Crippen LogP contribution in [-0.4, -0.2) is 13.1 Å². The van der Waals surface area contributed by atoms with E-state index in [0.29, 0.717) is 0 Å². The minimum absolute atomic E-state index is 0.171. The maximum Gasteiger partial charge on any atom is 0.125 e. The molecule has 0 bridgehead atoms. The molecule has 1 aromatic carbocycles. The van der Waals surface area contributed by atoms with E-state index in [9.17, 15) is 4.39 Å². The van der Waals surface area contributed by atoms with E-state index in [0.717, 1.165) is 44.0 Å². The summed E-state index contributed by atoms with van der Waals surface area (Å²) in [6, 6.07) is 7.06. The summed E-state index contributed by atoms with van der Waals surface area (Å²) in [6.07, 6.45) is 2.71. The van der Waals surface area contributed by atoms with Gasteiger partial charge < -0.3 is 14.6 Å². The third-order valence-corrected chi connectivity index (χ3v) is 3.77. The summed E-state index contributed by atoms with van der Waals surface area (Å²) in [4.78, 5) is 2.22. The topological polar surface area (TPSA) is 28.4 Å². The van der Waals surface area contributed by atoms with Crippen LogP contribution in [0.3, 0.4) is 0 Å². The maximum atomic E-state index is 13.4. The number of benzene rings is 1. The maximum absolute atomic E-state index is 13.4. The van der Waals surface area contributed by atoms with Gasteiger partial charge in [-0.15, -0.1) is 0 Å². The van der Waals surface area contributed by atoms with Gasteiger partial charge in [0.2, 0.25) is 0 Å². The Morgan fingerprint density at radius 2 is 2.25 bits per heavy atom. The predicted octanol–water partition coefficient (Wildman–Crippen LogP) is 3.09. The Labute approximate surface area is 118 Å². The molecule has 2 aromatic rings. The quantitative estimate of drug-likeness (QED) is 0.908. The zero-order chi connectivity index (χ0) is 13.9. The minimum Gasteiger partial charge on any atom is -0.468 e. The molecule has 3 nitrogen and oxygen atoms in total. The first-order chi connectivity index (χ1) is 9.78. The van der Waals surface area contributed by atoms with Crippen LogP contribution >= 0.6 is 0 Å². The van der Waals surface area contributed by atoms with E-state index in [1.807, 2.05) is 12.1 Å². The fourth-order valence-electron chi connectivity index (χ4n) is 2.69. The lowest BCUT2D eigenvalue weighted by Crippen LogP contribution is -2.21. The van der Waals surface area contributed by atoms with Gasteiger partial charge in [-0.25, -0.2) is 4.39 Å². The van der Waals surface area contributed by atoms with Crippen LogP contribution in [0.2, 0.25) is 0 Å². The standard InChI is InChI=1S/C16H19FN2O/c1-2-18-10-16-13(6-8-20-16)11-19-7-5-12-3-4-14(17)9-15(12)19/h3-4,6,8-9,18H,2,5,7,10-11H2,1H3. The highest BCUT2D eigenvalue weighted by Crippen LogP contribution is 2.30. The predicted molar refractivity (Wildman–Crippen MR) is 77.2 cm³/mol. The number of rotatable bonds is 5. The zero-order valence-electron chi connectivity index (χ0n) is 11.7. The number of hydrogen-bond acceptors (Lipinski definition) is 3. The molecule has 1 N–H and O–H groups in total. The Morgan fingerprint density at radius 3 is 3.10 bits per heavy atom. The van der Waals surface area contributed by atoms with Gasteiger partial charge in [0, 0.05) is 24.3 Å². The van der Waals surface area contributed by atoms with Crippen molar-refractivity contribution in [2.45, 2.75) is 26.4 Å². The van der Waals surface area contributed by atoms with Crippen LogP contribution in [0.25, 0.3) is 0 Å². The fourth-order valence-corrected chi connectivity index (χ4v) is 2.69. The van der Waals surface area contributed by atoms with Crippen molar-refractivity contribution in [1.82, 2.24) is 5.32 Å². The van der Waals surface area contributed by atoms with E-state index in [1.54, 1.807) is 12.3 Å². The summed E-state index contributed by atoms with van der Waals surface area (Å²) in [6.45, 7) is 5.43. The van der Waals surface area contributed by atoms with Crippen LogP contribution in [0.4, 0.5) is 10.1 Å². The molecule has 1 aliphatic heterocycles. The molecule has 0 spiro atoms. The molecule has 4 heteroatoms. The van der Waals surface area contributed by atoms with E-state index in [2.05, 4.69) is 17.1 Å². The third kappa shape index (κ3) is 2.56. The van der Waals surface area contributed by atoms with Crippen molar-refractivity contribution in [1.29, 1.82) is 0 Å². The SMILES string of the molecule is CCNCc1occc1CN1CCc2ccc(F)cc21. The van der Waals surface area contributed by atoms with Gasteiger partial charge >= 0.3 is 0 Å². The molecule has 106 valence electrons. The molecule has 0 fully saturated rings. The molecule has 0 unspecified atom stereocenters. The summed E-state index contributed by atoms with van der Waals surface area (Å²) in [5.74, 6) is 0.799. The highest BCUT2D eigenvalue weighted by Gasteiger charge is 2.21. The highest BCUT2D eigenvalue weighted by molar-refractivity contribution is 5.58. The van der Waals surface area contributed by atoms with Crippen molar-refractivity contribution < 1.29 is 8.81 Å². The van der Waals surface area contributed by atoms with E-state index >= 15 is 0 Å². The van der Waals surface area contributed by atoms with E-state index in [-0.39, 0.29) is 5.82 Å². The lowest BCUT2D eigenvalue weighted by Gasteiger charge is -2.19. The molecular weight excluding hydrogens is 255 g/mol. The lowest BCUT2D eigenvalue weighted by atomic mass is 10.1. The van der Waals surface area contributed by atoms with Crippen LogP contribution in [0, 0.1) is 5.82 Å². The second-order valence-corrected chi connectivity index (χ2v) is 5.09. The first kappa shape index (κ1) is 13.2. The summed E-state index contributed by atoms with van der Waals surface area (Å²) in [5.41, 5.74) is 3.41. The Morgan fingerprint density at radius 1 is 1.35 bits per heavy atom. The molecule has 3 rings (SSSR count). The number of nitrogens with zero attached hydrogens (tertiary/aromatic N) is 1. The van der Waals surface area contributed by atoms with Gasteiger partial charge in [0.15, 0.2) is 0 Å². The van der Waals surface area contributed by atoms with Crippen molar-refractivity contribution in [3.63, 3.8) is 0 Å². The van der Waals surface area contributed by atoms with E-state index < -0.39 is 0 Å². The van der Waals surface area contributed by atoms with Crippen molar-refractivity contribution in [3.05, 3.63) is 53.2 Å². The van der Waals surface area contributed by atoms with Gasteiger partial charge in [-0.2, -0.15) is 0 Å². The zero-order valence-corrected chi connectivity index (χ0v) is 11.7. The largest absolute Gasteiger partial charge is 0.468 e. The van der Waals surface area contributed by atoms with Crippen LogP contribution < -0.4 is 10.2 Å². The summed E-state index contributed by atoms with van der Waals surface area (Å²) >= 11 is 0. The average Bonchev–Trinajstić information content (AvgIpc) is 3.04. The molecule has 0 saturated heterocycles. The molecular formula is C16H19FN2O. The molecule has 0 aliphatic carbocycles. The number of anilines is 1. The minimum atomic E-state index is -0.171. The molecule has 0 radical (unpaired) electrons.